The topological polar surface area (TPSA) is 74.5 Å². The lowest BCUT2D eigenvalue weighted by atomic mass is 10.1. The predicted molar refractivity (Wildman–Crippen MR) is 136 cm³/mol. The molecule has 176 valence electrons. The van der Waals surface area contributed by atoms with Crippen molar-refractivity contribution >= 4 is 46.4 Å². The molecule has 9 heteroatoms. The van der Waals surface area contributed by atoms with E-state index >= 15 is 0 Å². The highest BCUT2D eigenvalue weighted by Crippen LogP contribution is 2.37. The Balaban J connectivity index is 2.04. The van der Waals surface area contributed by atoms with Crippen LogP contribution in [0.5, 0.6) is 0 Å². The second-order valence-electron chi connectivity index (χ2n) is 7.40. The van der Waals surface area contributed by atoms with Crippen molar-refractivity contribution in [3.63, 3.8) is 0 Å². The molecule has 0 saturated heterocycles. The van der Waals surface area contributed by atoms with Crippen LogP contribution < -0.4 is 15.1 Å². The van der Waals surface area contributed by atoms with Crippen molar-refractivity contribution in [2.24, 2.45) is 0 Å². The summed E-state index contributed by atoms with van der Waals surface area (Å²) in [5, 5.41) is 7.86. The molecule has 3 rings (SSSR count). The Bertz CT molecular complexity index is 1100. The lowest BCUT2D eigenvalue weighted by Gasteiger charge is -2.26. The quantitative estimate of drug-likeness (QED) is 0.380. The monoisotopic (exact) mass is 489 g/mol. The molecule has 0 unspecified atom stereocenters. The van der Waals surface area contributed by atoms with Gasteiger partial charge in [0.1, 0.15) is 22.8 Å². The molecule has 0 aliphatic rings. The van der Waals surface area contributed by atoms with E-state index in [0.717, 1.165) is 32.0 Å². The summed E-state index contributed by atoms with van der Waals surface area (Å²) in [7, 11) is 0. The molecule has 7 nitrogen and oxygen atoms in total. The van der Waals surface area contributed by atoms with Crippen LogP contribution >= 0.6 is 23.2 Å². The molecule has 0 aliphatic carbocycles. The minimum absolute atomic E-state index is 0.281. The van der Waals surface area contributed by atoms with Crippen molar-refractivity contribution < 1.29 is 9.32 Å². The third kappa shape index (κ3) is 5.09. The first-order valence-electron chi connectivity index (χ1n) is 11.1. The van der Waals surface area contributed by atoms with E-state index in [4.69, 9.17) is 32.7 Å². The molecule has 1 amide bonds. The highest BCUT2D eigenvalue weighted by atomic mass is 35.5. The Morgan fingerprint density at radius 3 is 2.15 bits per heavy atom. The van der Waals surface area contributed by atoms with Crippen molar-refractivity contribution in [2.75, 3.05) is 41.3 Å². The smallest absolute Gasteiger partial charge is 0.261 e. The van der Waals surface area contributed by atoms with E-state index in [0.29, 0.717) is 38.6 Å². The average molecular weight is 490 g/mol. The van der Waals surface area contributed by atoms with Crippen molar-refractivity contribution in [3.05, 3.63) is 51.7 Å². The van der Waals surface area contributed by atoms with Crippen molar-refractivity contribution in [2.45, 2.75) is 34.6 Å². The van der Waals surface area contributed by atoms with Gasteiger partial charge in [0.2, 0.25) is 0 Å². The van der Waals surface area contributed by atoms with Gasteiger partial charge in [0.05, 0.1) is 15.7 Å². The number of carbonyl (C=O) groups excluding carboxylic acids is 1. The number of nitrogens with one attached hydrogen (secondary N) is 1. The van der Waals surface area contributed by atoms with E-state index in [1.807, 2.05) is 12.1 Å². The summed E-state index contributed by atoms with van der Waals surface area (Å²) in [5.41, 5.74) is 1.65. The number of carbonyl (C=O) groups is 1. The van der Waals surface area contributed by atoms with Gasteiger partial charge in [-0.1, -0.05) is 34.4 Å². The van der Waals surface area contributed by atoms with Gasteiger partial charge >= 0.3 is 0 Å². The third-order valence-electron chi connectivity index (χ3n) is 5.55. The van der Waals surface area contributed by atoms with E-state index in [2.05, 4.69) is 48.0 Å². The van der Waals surface area contributed by atoms with Crippen LogP contribution in [0.15, 0.2) is 34.9 Å². The zero-order valence-electron chi connectivity index (χ0n) is 19.6. The summed E-state index contributed by atoms with van der Waals surface area (Å²) in [6.45, 7) is 13.2. The largest absolute Gasteiger partial charge is 0.360 e. The number of rotatable bonds is 9. The van der Waals surface area contributed by atoms with Crippen LogP contribution in [0.4, 0.5) is 17.3 Å². The van der Waals surface area contributed by atoms with E-state index < -0.39 is 0 Å². The summed E-state index contributed by atoms with van der Waals surface area (Å²) in [4.78, 5) is 22.6. The molecule has 0 spiro atoms. The van der Waals surface area contributed by atoms with Gasteiger partial charge in [-0.2, -0.15) is 0 Å². The van der Waals surface area contributed by atoms with Gasteiger partial charge < -0.3 is 19.6 Å². The number of nitrogens with zero attached hydrogens (tertiary/aromatic N) is 4. The summed E-state index contributed by atoms with van der Waals surface area (Å²) in [6.07, 6.45) is 0. The van der Waals surface area contributed by atoms with Gasteiger partial charge in [0, 0.05) is 31.7 Å². The molecule has 0 saturated carbocycles. The van der Waals surface area contributed by atoms with Crippen molar-refractivity contribution in [1.82, 2.24) is 10.1 Å². The van der Waals surface area contributed by atoms with Gasteiger partial charge in [0.15, 0.2) is 5.82 Å². The fourth-order valence-electron chi connectivity index (χ4n) is 3.74. The molecular weight excluding hydrogens is 461 g/mol. The number of anilines is 3. The molecule has 1 aromatic carbocycles. The third-order valence-corrected chi connectivity index (χ3v) is 6.18. The molecule has 1 N–H and O–H groups in total. The molecule has 33 heavy (non-hydrogen) atoms. The fraction of sp³-hybridized carbons (Fsp3) is 0.375. The number of aromatic nitrogens is 2. The Morgan fingerprint density at radius 1 is 0.970 bits per heavy atom. The summed E-state index contributed by atoms with van der Waals surface area (Å²) >= 11 is 12.7. The molecule has 0 atom stereocenters. The first-order valence-corrected chi connectivity index (χ1v) is 11.8. The highest BCUT2D eigenvalue weighted by Gasteiger charge is 2.26. The minimum Gasteiger partial charge on any atom is -0.360 e. The number of benzene rings is 1. The number of pyridine rings is 1. The lowest BCUT2D eigenvalue weighted by molar-refractivity contribution is 0.102. The molecule has 0 radical (unpaired) electrons. The zero-order valence-corrected chi connectivity index (χ0v) is 21.1. The second-order valence-corrected chi connectivity index (χ2v) is 8.21. The van der Waals surface area contributed by atoms with Crippen LogP contribution in [-0.2, 0) is 0 Å². The number of aryl methyl sites for hydroxylation is 1. The maximum Gasteiger partial charge on any atom is 0.261 e. The highest BCUT2D eigenvalue weighted by molar-refractivity contribution is 6.39. The van der Waals surface area contributed by atoms with Crippen LogP contribution in [0.25, 0.3) is 11.3 Å². The lowest BCUT2D eigenvalue weighted by Crippen LogP contribution is -2.28. The van der Waals surface area contributed by atoms with Crippen molar-refractivity contribution in [3.8, 4) is 11.3 Å². The maximum absolute atomic E-state index is 13.4. The zero-order chi connectivity index (χ0) is 24.1. The first kappa shape index (κ1) is 24.9. The Labute approximate surface area is 204 Å². The van der Waals surface area contributed by atoms with E-state index in [9.17, 15) is 4.79 Å². The van der Waals surface area contributed by atoms with Crippen LogP contribution in [0.3, 0.4) is 0 Å². The van der Waals surface area contributed by atoms with Crippen molar-refractivity contribution in [1.29, 1.82) is 0 Å². The molecule has 3 aromatic rings. The SMILES string of the molecule is CCN(CC)c1ccc(NC(=O)c2c(-c3c(Cl)cccc3Cl)noc2C)c(N(CC)CC)n1. The van der Waals surface area contributed by atoms with Gasteiger partial charge in [0.25, 0.3) is 5.91 Å². The predicted octanol–water partition coefficient (Wildman–Crippen LogP) is 6.30. The van der Waals surface area contributed by atoms with Gasteiger partial charge in [-0.05, 0) is 58.9 Å². The number of halogens is 2. The standard InChI is InChI=1S/C24H29Cl2N5O2/c1-6-30(7-2)19-14-13-18(23(28-19)31(8-3)9-4)27-24(32)20-15(5)33-29-22(20)21-16(25)11-10-12-17(21)26/h10-14H,6-9H2,1-5H3,(H,27,32). The number of hydrogen-bond donors (Lipinski definition) is 1. The molecule has 2 aromatic heterocycles. The van der Waals surface area contributed by atoms with Gasteiger partial charge in [-0.15, -0.1) is 0 Å². The van der Waals surface area contributed by atoms with E-state index in [-0.39, 0.29) is 11.5 Å². The molecule has 0 aliphatic heterocycles. The minimum atomic E-state index is -0.370. The van der Waals surface area contributed by atoms with Crippen LogP contribution in [0.2, 0.25) is 10.0 Å². The van der Waals surface area contributed by atoms with E-state index in [1.54, 1.807) is 25.1 Å². The average Bonchev–Trinajstić information content (AvgIpc) is 3.17. The second kappa shape index (κ2) is 10.9. The first-order chi connectivity index (χ1) is 15.9. The number of hydrogen-bond acceptors (Lipinski definition) is 6. The van der Waals surface area contributed by atoms with E-state index in [1.165, 1.54) is 0 Å². The molecular formula is C24H29Cl2N5O2. The Hall–Kier alpha value is -2.77. The summed E-state index contributed by atoms with van der Waals surface area (Å²) < 4.78 is 5.36. The normalized spacial score (nSPS) is 10.9. The summed E-state index contributed by atoms with van der Waals surface area (Å²) in [6, 6.07) is 8.94. The molecule has 0 fully saturated rings. The molecule has 0 bridgehead atoms. The summed E-state index contributed by atoms with van der Waals surface area (Å²) in [5.74, 6) is 1.58. The van der Waals surface area contributed by atoms with Crippen LogP contribution in [0.1, 0.15) is 43.8 Å². The van der Waals surface area contributed by atoms with Crippen LogP contribution in [-0.4, -0.2) is 42.2 Å². The number of amides is 1. The van der Waals surface area contributed by atoms with Gasteiger partial charge in [-0.3, -0.25) is 4.79 Å². The van der Waals surface area contributed by atoms with Gasteiger partial charge in [-0.25, -0.2) is 4.98 Å². The molecule has 2 heterocycles. The maximum atomic E-state index is 13.4. The Kier molecular flexibility index (Phi) is 8.21. The van der Waals surface area contributed by atoms with Crippen LogP contribution in [0, 0.1) is 6.92 Å². The fourth-order valence-corrected chi connectivity index (χ4v) is 4.32. The Morgan fingerprint density at radius 2 is 1.58 bits per heavy atom.